The normalized spacial score (nSPS) is 19.6. The number of carbonyl (C=O) groups excluding carboxylic acids is 3. The molecule has 9 heteroatoms. The van der Waals surface area contributed by atoms with Crippen LogP contribution in [0.25, 0.3) is 0 Å². The molecule has 0 saturated carbocycles. The van der Waals surface area contributed by atoms with Gasteiger partial charge in [-0.1, -0.05) is 42.5 Å². The number of rotatable bonds is 8. The Morgan fingerprint density at radius 1 is 1.08 bits per heavy atom. The van der Waals surface area contributed by atoms with Crippen LogP contribution in [-0.4, -0.2) is 75.8 Å². The van der Waals surface area contributed by atoms with Crippen LogP contribution in [0.15, 0.2) is 54.6 Å². The fraction of sp³-hybridized carbons (Fsp3) is 0.483. The van der Waals surface area contributed by atoms with Crippen LogP contribution in [0.5, 0.6) is 5.75 Å². The number of methoxy groups -OCH3 is 1. The smallest absolute Gasteiger partial charge is 0.314 e. The van der Waals surface area contributed by atoms with Gasteiger partial charge >= 0.3 is 5.97 Å². The third kappa shape index (κ3) is 9.15. The van der Waals surface area contributed by atoms with E-state index in [1.165, 1.54) is 0 Å². The maximum Gasteiger partial charge on any atom is 0.314 e. The lowest BCUT2D eigenvalue weighted by Gasteiger charge is -2.32. The van der Waals surface area contributed by atoms with Crippen molar-refractivity contribution >= 4 is 17.8 Å². The van der Waals surface area contributed by atoms with Gasteiger partial charge in [-0.2, -0.15) is 0 Å². The molecule has 9 nitrogen and oxygen atoms in total. The molecular formula is C29H39N3O6. The first-order valence-electron chi connectivity index (χ1n) is 13.1. The maximum atomic E-state index is 13.4. The van der Waals surface area contributed by atoms with Crippen molar-refractivity contribution in [2.75, 3.05) is 53.1 Å². The summed E-state index contributed by atoms with van der Waals surface area (Å²) in [7, 11) is 1.62. The molecule has 1 atom stereocenters. The number of nitrogens with one attached hydrogen (secondary N) is 2. The highest BCUT2D eigenvalue weighted by Crippen LogP contribution is 2.32. The third-order valence-corrected chi connectivity index (χ3v) is 6.51. The summed E-state index contributed by atoms with van der Waals surface area (Å²) in [6.45, 7) is 4.01. The topological polar surface area (TPSA) is 106 Å². The number of fused-ring (bicyclic) bond motifs is 2. The summed E-state index contributed by atoms with van der Waals surface area (Å²) < 4.78 is 16.5. The molecule has 0 saturated heterocycles. The number of hydrogen-bond donors (Lipinski definition) is 2. The lowest BCUT2D eigenvalue weighted by molar-refractivity contribution is -0.156. The molecule has 206 valence electrons. The highest BCUT2D eigenvalue weighted by atomic mass is 16.5. The van der Waals surface area contributed by atoms with Gasteiger partial charge < -0.3 is 24.8 Å². The minimum Gasteiger partial charge on any atom is -0.484 e. The van der Waals surface area contributed by atoms with Gasteiger partial charge in [0.25, 0.3) is 5.91 Å². The molecule has 0 aromatic heterocycles. The van der Waals surface area contributed by atoms with Crippen molar-refractivity contribution in [2.45, 2.75) is 32.7 Å². The van der Waals surface area contributed by atoms with Crippen LogP contribution in [-0.2, 0) is 36.8 Å². The van der Waals surface area contributed by atoms with E-state index in [0.717, 1.165) is 11.1 Å². The SMILES string of the molecule is CCOC(=O)C1(CCCOC)CNC(=O)CN(Cc2ccccc2)CCNC(=O)COc2cccc(c2)C1. The number of ether oxygens (including phenoxy) is 3. The van der Waals surface area contributed by atoms with Crippen molar-refractivity contribution in [2.24, 2.45) is 5.41 Å². The molecule has 0 spiro atoms. The van der Waals surface area contributed by atoms with Crippen LogP contribution < -0.4 is 15.4 Å². The summed E-state index contributed by atoms with van der Waals surface area (Å²) in [6, 6.07) is 17.2. The minimum absolute atomic E-state index is 0.119. The number of hydrogen-bond acceptors (Lipinski definition) is 7. The monoisotopic (exact) mass is 525 g/mol. The van der Waals surface area contributed by atoms with Crippen molar-refractivity contribution in [1.82, 2.24) is 15.5 Å². The first-order chi connectivity index (χ1) is 18.4. The van der Waals surface area contributed by atoms with Gasteiger partial charge in [0, 0.05) is 39.9 Å². The van der Waals surface area contributed by atoms with Gasteiger partial charge in [0.05, 0.1) is 18.6 Å². The predicted molar refractivity (Wildman–Crippen MR) is 144 cm³/mol. The molecule has 0 radical (unpaired) electrons. The summed E-state index contributed by atoms with van der Waals surface area (Å²) >= 11 is 0. The van der Waals surface area contributed by atoms with Crippen molar-refractivity contribution in [3.8, 4) is 5.75 Å². The number of nitrogens with zero attached hydrogens (tertiary/aromatic N) is 1. The van der Waals surface area contributed by atoms with E-state index in [1.807, 2.05) is 53.4 Å². The molecule has 1 heterocycles. The summed E-state index contributed by atoms with van der Waals surface area (Å²) in [6.07, 6.45) is 1.44. The largest absolute Gasteiger partial charge is 0.484 e. The van der Waals surface area contributed by atoms with Crippen LogP contribution in [0.4, 0.5) is 0 Å². The fourth-order valence-electron chi connectivity index (χ4n) is 4.60. The van der Waals surface area contributed by atoms with E-state index in [0.29, 0.717) is 51.3 Å². The number of esters is 1. The van der Waals surface area contributed by atoms with E-state index in [1.54, 1.807) is 20.1 Å². The second kappa shape index (κ2) is 15.1. The van der Waals surface area contributed by atoms with Gasteiger partial charge in [0.2, 0.25) is 5.91 Å². The number of amides is 2. The van der Waals surface area contributed by atoms with Crippen LogP contribution >= 0.6 is 0 Å². The van der Waals surface area contributed by atoms with Crippen molar-refractivity contribution < 1.29 is 28.6 Å². The molecule has 1 aliphatic rings. The second-order valence-corrected chi connectivity index (χ2v) is 9.53. The van der Waals surface area contributed by atoms with Crippen molar-refractivity contribution in [3.05, 3.63) is 65.7 Å². The molecule has 1 aliphatic heterocycles. The predicted octanol–water partition coefficient (Wildman–Crippen LogP) is 2.33. The summed E-state index contributed by atoms with van der Waals surface area (Å²) in [5.74, 6) is -0.262. The maximum absolute atomic E-state index is 13.4. The Bertz CT molecular complexity index is 1050. The average molecular weight is 526 g/mol. The summed E-state index contributed by atoms with van der Waals surface area (Å²) in [5, 5.41) is 5.88. The molecular weight excluding hydrogens is 486 g/mol. The van der Waals surface area contributed by atoms with E-state index < -0.39 is 5.41 Å². The lowest BCUT2D eigenvalue weighted by atomic mass is 9.77. The van der Waals surface area contributed by atoms with E-state index in [-0.39, 0.29) is 44.1 Å². The standard InChI is InChI=1S/C29H39N3O6/c1-3-37-28(35)29(13-8-16-36-2)18-24-11-7-12-25(17-24)38-21-27(34)30-14-15-32(20-26(33)31-22-29)19-23-9-5-4-6-10-23/h4-7,9-12,17H,3,8,13-16,18-22H2,1-2H3,(H,30,34)(H,31,33). The first kappa shape index (κ1) is 29.1. The Labute approximate surface area is 224 Å². The van der Waals surface area contributed by atoms with E-state index in [4.69, 9.17) is 14.2 Å². The molecule has 2 amide bonds. The molecule has 0 fully saturated rings. The van der Waals surface area contributed by atoms with Gasteiger partial charge in [-0.15, -0.1) is 0 Å². The van der Waals surface area contributed by atoms with Gasteiger partial charge in [-0.3, -0.25) is 19.3 Å². The van der Waals surface area contributed by atoms with Crippen LogP contribution in [0.1, 0.15) is 30.9 Å². The van der Waals surface area contributed by atoms with E-state index in [2.05, 4.69) is 10.6 Å². The Balaban J connectivity index is 1.89. The Hall–Kier alpha value is -3.43. The van der Waals surface area contributed by atoms with Gasteiger partial charge in [0.15, 0.2) is 6.61 Å². The molecule has 2 aromatic carbocycles. The summed E-state index contributed by atoms with van der Waals surface area (Å²) in [4.78, 5) is 40.9. The Morgan fingerprint density at radius 3 is 2.66 bits per heavy atom. The van der Waals surface area contributed by atoms with Crippen LogP contribution in [0.2, 0.25) is 0 Å². The third-order valence-electron chi connectivity index (χ3n) is 6.51. The number of carbonyl (C=O) groups is 3. The van der Waals surface area contributed by atoms with Crippen molar-refractivity contribution in [3.63, 3.8) is 0 Å². The molecule has 0 aliphatic carbocycles. The zero-order valence-corrected chi connectivity index (χ0v) is 22.4. The molecule has 38 heavy (non-hydrogen) atoms. The Kier molecular flexibility index (Phi) is 11.6. The molecule has 1 unspecified atom stereocenters. The van der Waals surface area contributed by atoms with Crippen molar-refractivity contribution in [1.29, 1.82) is 0 Å². The summed E-state index contributed by atoms with van der Waals surface area (Å²) in [5.41, 5.74) is 0.922. The van der Waals surface area contributed by atoms with Gasteiger partial charge in [-0.25, -0.2) is 0 Å². The minimum atomic E-state index is -0.985. The Morgan fingerprint density at radius 2 is 1.89 bits per heavy atom. The fourth-order valence-corrected chi connectivity index (χ4v) is 4.60. The quantitative estimate of drug-likeness (QED) is 0.403. The second-order valence-electron chi connectivity index (χ2n) is 9.53. The van der Waals surface area contributed by atoms with E-state index in [9.17, 15) is 14.4 Å². The zero-order chi connectivity index (χ0) is 27.2. The lowest BCUT2D eigenvalue weighted by Crippen LogP contribution is -2.48. The molecule has 2 N–H and O–H groups in total. The highest BCUT2D eigenvalue weighted by Gasteiger charge is 2.40. The zero-order valence-electron chi connectivity index (χ0n) is 22.4. The van der Waals surface area contributed by atoms with Gasteiger partial charge in [-0.05, 0) is 49.4 Å². The molecule has 3 rings (SSSR count). The highest BCUT2D eigenvalue weighted by molar-refractivity contribution is 5.81. The van der Waals surface area contributed by atoms with Crippen LogP contribution in [0, 0.1) is 5.41 Å². The molecule has 2 aromatic rings. The van der Waals surface area contributed by atoms with E-state index >= 15 is 0 Å². The molecule has 2 bridgehead atoms. The van der Waals surface area contributed by atoms with Gasteiger partial charge in [0.1, 0.15) is 5.75 Å². The number of benzene rings is 2. The van der Waals surface area contributed by atoms with Crippen LogP contribution in [0.3, 0.4) is 0 Å². The average Bonchev–Trinajstić information content (AvgIpc) is 2.91. The first-order valence-corrected chi connectivity index (χ1v) is 13.1.